The largest absolute Gasteiger partial charge is 0.312 e. The molecule has 0 amide bonds. The molecule has 2 rings (SSSR count). The first kappa shape index (κ1) is 10.1. The third-order valence-electron chi connectivity index (χ3n) is 2.97. The van der Waals surface area contributed by atoms with Gasteiger partial charge in [-0.15, -0.1) is 0 Å². The second-order valence-corrected chi connectivity index (χ2v) is 4.86. The average Bonchev–Trinajstić information content (AvgIpc) is 2.69. The average molecular weight is 210 g/mol. The van der Waals surface area contributed by atoms with Crippen LogP contribution in [0.25, 0.3) is 0 Å². The smallest absolute Gasteiger partial charge is 0.0329 e. The highest BCUT2D eigenvalue weighted by molar-refractivity contribution is 7.07. The first-order valence-corrected chi connectivity index (χ1v) is 6.21. The van der Waals surface area contributed by atoms with Gasteiger partial charge in [-0.3, -0.25) is 4.90 Å². The molecule has 3 heteroatoms. The van der Waals surface area contributed by atoms with E-state index >= 15 is 0 Å². The summed E-state index contributed by atoms with van der Waals surface area (Å²) < 4.78 is 0. The first-order chi connectivity index (χ1) is 6.77. The third-order valence-corrected chi connectivity index (χ3v) is 3.67. The molecule has 0 aromatic carbocycles. The molecule has 1 aliphatic heterocycles. The maximum atomic E-state index is 3.47. The molecule has 1 N–H and O–H groups in total. The van der Waals surface area contributed by atoms with Crippen molar-refractivity contribution in [3.05, 3.63) is 22.4 Å². The molecular weight excluding hydrogens is 192 g/mol. The molecule has 2 atom stereocenters. The molecule has 1 fully saturated rings. The van der Waals surface area contributed by atoms with Gasteiger partial charge in [0.25, 0.3) is 0 Å². The Morgan fingerprint density at radius 3 is 3.14 bits per heavy atom. The number of hydrogen-bond acceptors (Lipinski definition) is 3. The predicted molar refractivity (Wildman–Crippen MR) is 61.8 cm³/mol. The van der Waals surface area contributed by atoms with Crippen LogP contribution < -0.4 is 5.32 Å². The van der Waals surface area contributed by atoms with Gasteiger partial charge in [0.05, 0.1) is 0 Å². The third kappa shape index (κ3) is 2.16. The zero-order valence-corrected chi connectivity index (χ0v) is 9.68. The van der Waals surface area contributed by atoms with Gasteiger partial charge in [-0.1, -0.05) is 0 Å². The van der Waals surface area contributed by atoms with E-state index in [1.807, 2.05) is 0 Å². The molecule has 78 valence electrons. The molecule has 14 heavy (non-hydrogen) atoms. The van der Waals surface area contributed by atoms with Crippen LogP contribution in [0.3, 0.4) is 0 Å². The van der Waals surface area contributed by atoms with Crippen molar-refractivity contribution in [2.24, 2.45) is 0 Å². The van der Waals surface area contributed by atoms with Gasteiger partial charge >= 0.3 is 0 Å². The fraction of sp³-hybridized carbons (Fsp3) is 0.636. The summed E-state index contributed by atoms with van der Waals surface area (Å²) in [7, 11) is 0. The van der Waals surface area contributed by atoms with Gasteiger partial charge in [-0.05, 0) is 36.2 Å². The van der Waals surface area contributed by atoms with Gasteiger partial charge in [0.15, 0.2) is 0 Å². The molecule has 1 aromatic rings. The van der Waals surface area contributed by atoms with E-state index in [9.17, 15) is 0 Å². The van der Waals surface area contributed by atoms with E-state index in [4.69, 9.17) is 0 Å². The van der Waals surface area contributed by atoms with E-state index in [1.54, 1.807) is 11.3 Å². The zero-order valence-electron chi connectivity index (χ0n) is 8.86. The molecular formula is C11H18N2S. The van der Waals surface area contributed by atoms with Crippen LogP contribution in [0.4, 0.5) is 0 Å². The molecule has 0 saturated carbocycles. The number of nitrogens with zero attached hydrogens (tertiary/aromatic N) is 1. The fourth-order valence-corrected chi connectivity index (χ4v) is 2.78. The van der Waals surface area contributed by atoms with Crippen molar-refractivity contribution in [1.29, 1.82) is 0 Å². The highest BCUT2D eigenvalue weighted by Gasteiger charge is 2.21. The van der Waals surface area contributed by atoms with Gasteiger partial charge in [0.2, 0.25) is 0 Å². The quantitative estimate of drug-likeness (QED) is 0.804. The second kappa shape index (κ2) is 4.43. The Morgan fingerprint density at radius 1 is 1.64 bits per heavy atom. The van der Waals surface area contributed by atoms with Crippen LogP contribution in [-0.4, -0.2) is 30.6 Å². The van der Waals surface area contributed by atoms with Crippen molar-refractivity contribution in [3.63, 3.8) is 0 Å². The van der Waals surface area contributed by atoms with Gasteiger partial charge < -0.3 is 5.32 Å². The van der Waals surface area contributed by atoms with Crippen molar-refractivity contribution in [1.82, 2.24) is 10.2 Å². The number of thiophene rings is 1. The standard InChI is InChI=1S/C11H18N2S/c1-9-7-13(5-4-12-9)10(2)11-3-6-14-8-11/h3,6,8-10,12H,4-5,7H2,1-2H3. The van der Waals surface area contributed by atoms with Crippen molar-refractivity contribution >= 4 is 11.3 Å². The minimum atomic E-state index is 0.575. The summed E-state index contributed by atoms with van der Waals surface area (Å²) in [5, 5.41) is 7.90. The van der Waals surface area contributed by atoms with Crippen molar-refractivity contribution in [3.8, 4) is 0 Å². The number of piperazine rings is 1. The van der Waals surface area contributed by atoms with Gasteiger partial charge in [0.1, 0.15) is 0 Å². The minimum Gasteiger partial charge on any atom is -0.312 e. The van der Waals surface area contributed by atoms with Crippen LogP contribution in [-0.2, 0) is 0 Å². The lowest BCUT2D eigenvalue weighted by molar-refractivity contribution is 0.159. The van der Waals surface area contributed by atoms with Gasteiger partial charge in [-0.2, -0.15) is 11.3 Å². The monoisotopic (exact) mass is 210 g/mol. The lowest BCUT2D eigenvalue weighted by Crippen LogP contribution is -2.49. The molecule has 1 aliphatic rings. The van der Waals surface area contributed by atoms with Crippen LogP contribution in [0.15, 0.2) is 16.8 Å². The summed E-state index contributed by atoms with van der Waals surface area (Å²) >= 11 is 1.79. The topological polar surface area (TPSA) is 15.3 Å². The Bertz CT molecular complexity index is 271. The number of nitrogens with one attached hydrogen (secondary N) is 1. The Labute approximate surface area is 89.9 Å². The molecule has 2 unspecified atom stereocenters. The highest BCUT2D eigenvalue weighted by Crippen LogP contribution is 2.23. The Hall–Kier alpha value is -0.380. The van der Waals surface area contributed by atoms with E-state index < -0.39 is 0 Å². The lowest BCUT2D eigenvalue weighted by Gasteiger charge is -2.36. The minimum absolute atomic E-state index is 0.575. The number of hydrogen-bond donors (Lipinski definition) is 1. The fourth-order valence-electron chi connectivity index (χ4n) is 2.04. The van der Waals surface area contributed by atoms with E-state index in [1.165, 1.54) is 12.1 Å². The zero-order chi connectivity index (χ0) is 9.97. The maximum Gasteiger partial charge on any atom is 0.0329 e. The van der Waals surface area contributed by atoms with E-state index in [2.05, 4.69) is 40.9 Å². The summed E-state index contributed by atoms with van der Waals surface area (Å²) in [4.78, 5) is 2.56. The Morgan fingerprint density at radius 2 is 2.50 bits per heavy atom. The lowest BCUT2D eigenvalue weighted by atomic mass is 10.1. The SMILES string of the molecule is CC1CN(C(C)c2ccsc2)CCN1. The summed E-state index contributed by atoms with van der Waals surface area (Å²) in [5.41, 5.74) is 1.46. The molecule has 2 heterocycles. The van der Waals surface area contributed by atoms with Gasteiger partial charge in [-0.25, -0.2) is 0 Å². The van der Waals surface area contributed by atoms with Crippen LogP contribution in [0.2, 0.25) is 0 Å². The molecule has 1 aromatic heterocycles. The molecule has 2 nitrogen and oxygen atoms in total. The van der Waals surface area contributed by atoms with Crippen LogP contribution in [0.1, 0.15) is 25.5 Å². The Kier molecular flexibility index (Phi) is 3.21. The van der Waals surface area contributed by atoms with Crippen molar-refractivity contribution < 1.29 is 0 Å². The van der Waals surface area contributed by atoms with E-state index in [0.717, 1.165) is 13.1 Å². The number of rotatable bonds is 2. The van der Waals surface area contributed by atoms with Crippen molar-refractivity contribution in [2.75, 3.05) is 19.6 Å². The maximum absolute atomic E-state index is 3.47. The predicted octanol–water partition coefficient (Wildman–Crippen LogP) is 2.10. The molecule has 0 aliphatic carbocycles. The van der Waals surface area contributed by atoms with E-state index in [-0.39, 0.29) is 0 Å². The Balaban J connectivity index is 2.00. The molecule has 0 radical (unpaired) electrons. The first-order valence-electron chi connectivity index (χ1n) is 5.27. The molecule has 0 spiro atoms. The highest BCUT2D eigenvalue weighted by atomic mass is 32.1. The van der Waals surface area contributed by atoms with Crippen LogP contribution in [0.5, 0.6) is 0 Å². The second-order valence-electron chi connectivity index (χ2n) is 4.08. The normalized spacial score (nSPS) is 26.3. The van der Waals surface area contributed by atoms with Crippen LogP contribution in [0, 0.1) is 0 Å². The summed E-state index contributed by atoms with van der Waals surface area (Å²) in [6.45, 7) is 8.01. The summed E-state index contributed by atoms with van der Waals surface area (Å²) in [6.07, 6.45) is 0. The summed E-state index contributed by atoms with van der Waals surface area (Å²) in [6, 6.07) is 3.44. The van der Waals surface area contributed by atoms with Gasteiger partial charge in [0, 0.05) is 31.7 Å². The van der Waals surface area contributed by atoms with Crippen LogP contribution >= 0.6 is 11.3 Å². The molecule has 0 bridgehead atoms. The summed E-state index contributed by atoms with van der Waals surface area (Å²) in [5.74, 6) is 0. The van der Waals surface area contributed by atoms with E-state index in [0.29, 0.717) is 12.1 Å². The molecule has 1 saturated heterocycles. The van der Waals surface area contributed by atoms with Crippen molar-refractivity contribution in [2.45, 2.75) is 25.9 Å².